The maximum Gasteiger partial charge on any atom is 0.101 e. The number of hydrogen-bond donors (Lipinski definition) is 0. The summed E-state index contributed by atoms with van der Waals surface area (Å²) in [5.41, 5.74) is 0. The molecule has 0 aromatic carbocycles. The first-order valence-electron chi connectivity index (χ1n) is 16.5. The zero-order chi connectivity index (χ0) is 25.2. The maximum absolute atomic E-state index is 2.69. The molecule has 0 bridgehead atoms. The van der Waals surface area contributed by atoms with E-state index in [4.69, 9.17) is 0 Å². The van der Waals surface area contributed by atoms with Gasteiger partial charge < -0.3 is 9.80 Å². The summed E-state index contributed by atoms with van der Waals surface area (Å²) in [7, 11) is 0. The van der Waals surface area contributed by atoms with E-state index in [2.05, 4.69) is 43.0 Å². The summed E-state index contributed by atoms with van der Waals surface area (Å²) in [5, 5.41) is 0. The van der Waals surface area contributed by atoms with Crippen LogP contribution in [-0.2, 0) is 0 Å². The van der Waals surface area contributed by atoms with E-state index in [0.29, 0.717) is 6.17 Å². The van der Waals surface area contributed by atoms with Gasteiger partial charge in [-0.3, -0.25) is 0 Å². The van der Waals surface area contributed by atoms with Gasteiger partial charge in [0.1, 0.15) is 6.17 Å². The third-order valence-electron chi connectivity index (χ3n) is 8.07. The van der Waals surface area contributed by atoms with Crippen LogP contribution in [0.25, 0.3) is 0 Å². The molecule has 1 heterocycles. The zero-order valence-electron chi connectivity index (χ0n) is 24.7. The fourth-order valence-electron chi connectivity index (χ4n) is 5.66. The van der Waals surface area contributed by atoms with Crippen LogP contribution < -0.4 is 0 Å². The van der Waals surface area contributed by atoms with E-state index < -0.39 is 0 Å². The summed E-state index contributed by atoms with van der Waals surface area (Å²) in [6, 6.07) is 0. The van der Waals surface area contributed by atoms with Gasteiger partial charge in [-0.05, 0) is 25.7 Å². The Bertz CT molecular complexity index is 446. The fraction of sp³-hybridized carbons (Fsp3) is 0.939. The SMILES string of the molecule is CCCCCCCCCCCCCCC1N(CCCCCC)C=CN1CCCCCCCCCC. The Hall–Kier alpha value is -0.660. The molecule has 1 atom stereocenters. The molecule has 0 spiro atoms. The van der Waals surface area contributed by atoms with Gasteiger partial charge in [0, 0.05) is 25.5 Å². The molecule has 0 saturated carbocycles. The summed E-state index contributed by atoms with van der Waals surface area (Å²) in [6.45, 7) is 9.46. The Morgan fingerprint density at radius 2 is 0.657 bits per heavy atom. The molecule has 0 fully saturated rings. The molecule has 0 aromatic heterocycles. The van der Waals surface area contributed by atoms with E-state index in [1.165, 1.54) is 174 Å². The first-order chi connectivity index (χ1) is 17.3. The van der Waals surface area contributed by atoms with Gasteiger partial charge in [0.25, 0.3) is 0 Å². The van der Waals surface area contributed by atoms with E-state index >= 15 is 0 Å². The minimum absolute atomic E-state index is 0.643. The second kappa shape index (κ2) is 25.0. The number of unbranched alkanes of at least 4 members (excludes halogenated alkanes) is 21. The molecule has 0 N–H and O–H groups in total. The summed E-state index contributed by atoms with van der Waals surface area (Å²) < 4.78 is 0. The van der Waals surface area contributed by atoms with E-state index in [9.17, 15) is 0 Å². The highest BCUT2D eigenvalue weighted by molar-refractivity contribution is 4.97. The van der Waals surface area contributed by atoms with Gasteiger partial charge in [-0.15, -0.1) is 0 Å². The molecule has 0 radical (unpaired) electrons. The molecule has 2 nitrogen and oxygen atoms in total. The lowest BCUT2D eigenvalue weighted by Gasteiger charge is -2.33. The summed E-state index contributed by atoms with van der Waals surface area (Å²) in [6.07, 6.45) is 41.0. The van der Waals surface area contributed by atoms with Crippen molar-refractivity contribution in [2.45, 2.75) is 187 Å². The number of rotatable bonds is 27. The first-order valence-corrected chi connectivity index (χ1v) is 16.5. The summed E-state index contributed by atoms with van der Waals surface area (Å²) in [4.78, 5) is 5.37. The van der Waals surface area contributed by atoms with Gasteiger partial charge in [0.05, 0.1) is 0 Å². The predicted octanol–water partition coefficient (Wildman–Crippen LogP) is 11.2. The van der Waals surface area contributed by atoms with Crippen molar-refractivity contribution in [3.05, 3.63) is 12.4 Å². The van der Waals surface area contributed by atoms with Crippen LogP contribution >= 0.6 is 0 Å². The lowest BCUT2D eigenvalue weighted by atomic mass is 10.0. The van der Waals surface area contributed by atoms with Crippen molar-refractivity contribution in [2.24, 2.45) is 0 Å². The molecule has 1 rings (SSSR count). The number of hydrogen-bond acceptors (Lipinski definition) is 2. The van der Waals surface area contributed by atoms with Gasteiger partial charge in [-0.2, -0.15) is 0 Å². The standard InChI is InChI=1S/C33H66N2/c1-4-7-10-13-15-17-18-19-20-21-23-25-28-33-34(29-26-12-9-6-3)31-32-35(33)30-27-24-22-16-14-11-8-5-2/h31-33H,4-30H2,1-3H3. The third-order valence-corrected chi connectivity index (χ3v) is 8.07. The molecular formula is C33H66N2. The first kappa shape index (κ1) is 32.4. The van der Waals surface area contributed by atoms with Crippen molar-refractivity contribution in [3.63, 3.8) is 0 Å². The smallest absolute Gasteiger partial charge is 0.101 e. The van der Waals surface area contributed by atoms with Crippen LogP contribution in [0.2, 0.25) is 0 Å². The second-order valence-electron chi connectivity index (χ2n) is 11.5. The van der Waals surface area contributed by atoms with Crippen molar-refractivity contribution < 1.29 is 0 Å². The monoisotopic (exact) mass is 491 g/mol. The molecule has 0 amide bonds. The highest BCUT2D eigenvalue weighted by atomic mass is 15.4. The Morgan fingerprint density at radius 3 is 1.03 bits per heavy atom. The van der Waals surface area contributed by atoms with Gasteiger partial charge in [0.2, 0.25) is 0 Å². The lowest BCUT2D eigenvalue weighted by Crippen LogP contribution is -2.39. The normalized spacial score (nSPS) is 15.6. The lowest BCUT2D eigenvalue weighted by molar-refractivity contribution is 0.135. The van der Waals surface area contributed by atoms with Crippen molar-refractivity contribution in [1.82, 2.24) is 9.80 Å². The average molecular weight is 491 g/mol. The minimum atomic E-state index is 0.643. The molecule has 1 aliphatic heterocycles. The Labute approximate surface area is 222 Å². The van der Waals surface area contributed by atoms with Gasteiger partial charge >= 0.3 is 0 Å². The molecule has 1 unspecified atom stereocenters. The predicted molar refractivity (Wildman–Crippen MR) is 159 cm³/mol. The highest BCUT2D eigenvalue weighted by Gasteiger charge is 2.24. The van der Waals surface area contributed by atoms with E-state index in [1.54, 1.807) is 0 Å². The second-order valence-corrected chi connectivity index (χ2v) is 11.5. The molecule has 0 aromatic rings. The summed E-state index contributed by atoms with van der Waals surface area (Å²) in [5.74, 6) is 0. The van der Waals surface area contributed by atoms with Crippen molar-refractivity contribution in [1.29, 1.82) is 0 Å². The molecule has 1 aliphatic rings. The topological polar surface area (TPSA) is 6.48 Å². The van der Waals surface area contributed by atoms with Crippen LogP contribution in [0.5, 0.6) is 0 Å². The van der Waals surface area contributed by atoms with Gasteiger partial charge in [-0.1, -0.05) is 156 Å². The molecule has 35 heavy (non-hydrogen) atoms. The zero-order valence-corrected chi connectivity index (χ0v) is 24.7. The molecule has 208 valence electrons. The van der Waals surface area contributed by atoms with Crippen LogP contribution in [0, 0.1) is 0 Å². The van der Waals surface area contributed by atoms with E-state index in [0.717, 1.165) is 0 Å². The Morgan fingerprint density at radius 1 is 0.371 bits per heavy atom. The number of nitrogens with zero attached hydrogens (tertiary/aromatic N) is 2. The van der Waals surface area contributed by atoms with Crippen molar-refractivity contribution >= 4 is 0 Å². The minimum Gasteiger partial charge on any atom is -0.356 e. The maximum atomic E-state index is 2.69. The van der Waals surface area contributed by atoms with Crippen LogP contribution in [0.15, 0.2) is 12.4 Å². The average Bonchev–Trinajstić information content (AvgIpc) is 3.25. The van der Waals surface area contributed by atoms with Crippen LogP contribution in [0.3, 0.4) is 0 Å². The molecular weight excluding hydrogens is 424 g/mol. The fourth-order valence-corrected chi connectivity index (χ4v) is 5.66. The molecule has 2 heteroatoms. The Balaban J connectivity index is 2.18. The van der Waals surface area contributed by atoms with E-state index in [1.807, 2.05) is 0 Å². The largest absolute Gasteiger partial charge is 0.356 e. The van der Waals surface area contributed by atoms with Gasteiger partial charge in [-0.25, -0.2) is 0 Å². The van der Waals surface area contributed by atoms with Crippen LogP contribution in [-0.4, -0.2) is 29.1 Å². The van der Waals surface area contributed by atoms with Gasteiger partial charge in [0.15, 0.2) is 0 Å². The molecule has 0 saturated heterocycles. The van der Waals surface area contributed by atoms with Crippen LogP contribution in [0.4, 0.5) is 0 Å². The Kier molecular flexibility index (Phi) is 23.1. The van der Waals surface area contributed by atoms with Crippen molar-refractivity contribution in [2.75, 3.05) is 13.1 Å². The quantitative estimate of drug-likeness (QED) is 0.106. The summed E-state index contributed by atoms with van der Waals surface area (Å²) >= 11 is 0. The van der Waals surface area contributed by atoms with Crippen molar-refractivity contribution in [3.8, 4) is 0 Å². The van der Waals surface area contributed by atoms with Crippen LogP contribution in [0.1, 0.15) is 181 Å². The molecule has 0 aliphatic carbocycles. The van der Waals surface area contributed by atoms with E-state index in [-0.39, 0.29) is 0 Å². The highest BCUT2D eigenvalue weighted by Crippen LogP contribution is 2.24. The third kappa shape index (κ3) is 18.3.